The molecule has 1 N–H and O–H groups in total. The molecule has 0 atom stereocenters. The van der Waals surface area contributed by atoms with Gasteiger partial charge in [0.15, 0.2) is 0 Å². The summed E-state index contributed by atoms with van der Waals surface area (Å²) < 4.78 is 1.84. The van der Waals surface area contributed by atoms with E-state index in [1.54, 1.807) is 11.3 Å². The van der Waals surface area contributed by atoms with Gasteiger partial charge in [0.2, 0.25) is 5.95 Å². The zero-order chi connectivity index (χ0) is 16.6. The highest BCUT2D eigenvalue weighted by atomic mass is 32.1. The van der Waals surface area contributed by atoms with E-state index in [-0.39, 0.29) is 11.6 Å². The number of nitrogens with zero attached hydrogens (tertiary/aromatic N) is 2. The Hall–Kier alpha value is -1.36. The van der Waals surface area contributed by atoms with Crippen molar-refractivity contribution in [2.75, 3.05) is 11.9 Å². The molecular weight excluding hydrogens is 306 g/mol. The number of thiophene rings is 1. The molecule has 5 heteroatoms. The number of hydrogen-bond donors (Lipinski definition) is 1. The Labute approximate surface area is 141 Å². The highest BCUT2D eigenvalue weighted by Crippen LogP contribution is 2.34. The molecule has 1 aliphatic rings. The zero-order valence-electron chi connectivity index (χ0n) is 14.6. The lowest BCUT2D eigenvalue weighted by molar-refractivity contribution is 0.568. The fourth-order valence-electron chi connectivity index (χ4n) is 3.29. The van der Waals surface area contributed by atoms with Crippen LogP contribution in [0.3, 0.4) is 0 Å². The molecule has 0 saturated carbocycles. The van der Waals surface area contributed by atoms with E-state index in [1.807, 2.05) is 4.57 Å². The summed E-state index contributed by atoms with van der Waals surface area (Å²) in [6, 6.07) is 0.111. The second kappa shape index (κ2) is 6.63. The van der Waals surface area contributed by atoms with E-state index in [1.165, 1.54) is 23.3 Å². The number of rotatable bonds is 5. The van der Waals surface area contributed by atoms with Crippen LogP contribution < -0.4 is 10.9 Å². The standard InChI is InChI=1S/C18H27N3OS/c1-11(2)9-10-19-18-20-16-15(17(22)21(18)12(3)4)13-7-5-6-8-14(13)23-16/h11-12H,5-10H2,1-4H3,(H,19,20). The van der Waals surface area contributed by atoms with Gasteiger partial charge in [0.1, 0.15) is 4.83 Å². The van der Waals surface area contributed by atoms with Crippen LogP contribution in [0.25, 0.3) is 10.2 Å². The number of aryl methyl sites for hydroxylation is 2. The summed E-state index contributed by atoms with van der Waals surface area (Å²) in [7, 11) is 0. The molecule has 23 heavy (non-hydrogen) atoms. The minimum atomic E-state index is 0.111. The lowest BCUT2D eigenvalue weighted by Gasteiger charge is -2.17. The van der Waals surface area contributed by atoms with E-state index in [4.69, 9.17) is 4.98 Å². The Bertz CT molecular complexity index is 758. The van der Waals surface area contributed by atoms with Crippen molar-refractivity contribution in [3.63, 3.8) is 0 Å². The molecule has 0 unspecified atom stereocenters. The van der Waals surface area contributed by atoms with Crippen LogP contribution in [0.1, 0.15) is 63.4 Å². The Kier molecular flexibility index (Phi) is 4.76. The Balaban J connectivity index is 2.09. The first-order chi connectivity index (χ1) is 11.0. The van der Waals surface area contributed by atoms with E-state index < -0.39 is 0 Å². The number of fused-ring (bicyclic) bond motifs is 3. The van der Waals surface area contributed by atoms with Gasteiger partial charge in [-0.25, -0.2) is 4.98 Å². The highest BCUT2D eigenvalue weighted by Gasteiger charge is 2.22. The molecular formula is C18H27N3OS. The van der Waals surface area contributed by atoms with E-state index >= 15 is 0 Å². The fraction of sp³-hybridized carbons (Fsp3) is 0.667. The van der Waals surface area contributed by atoms with Crippen LogP contribution in [0.15, 0.2) is 4.79 Å². The molecule has 0 fully saturated rings. The number of aromatic nitrogens is 2. The quantitative estimate of drug-likeness (QED) is 0.883. The van der Waals surface area contributed by atoms with Crippen LogP contribution in [0, 0.1) is 5.92 Å². The Morgan fingerprint density at radius 1 is 1.22 bits per heavy atom. The normalized spacial score (nSPS) is 14.7. The predicted molar refractivity (Wildman–Crippen MR) is 98.9 cm³/mol. The molecule has 1 aliphatic carbocycles. The minimum Gasteiger partial charge on any atom is -0.356 e. The van der Waals surface area contributed by atoms with Gasteiger partial charge < -0.3 is 5.32 Å². The third-order valence-electron chi connectivity index (χ3n) is 4.54. The first-order valence-corrected chi connectivity index (χ1v) is 9.61. The molecule has 0 aromatic carbocycles. The molecule has 2 aromatic heterocycles. The van der Waals surface area contributed by atoms with Crippen molar-refractivity contribution in [1.82, 2.24) is 9.55 Å². The molecule has 0 radical (unpaired) electrons. The largest absolute Gasteiger partial charge is 0.356 e. The summed E-state index contributed by atoms with van der Waals surface area (Å²) in [6.07, 6.45) is 5.64. The average molecular weight is 334 g/mol. The fourth-order valence-corrected chi connectivity index (χ4v) is 4.55. The maximum Gasteiger partial charge on any atom is 0.264 e. The minimum absolute atomic E-state index is 0.111. The number of anilines is 1. The van der Waals surface area contributed by atoms with Crippen LogP contribution in [-0.4, -0.2) is 16.1 Å². The van der Waals surface area contributed by atoms with Gasteiger partial charge in [0.25, 0.3) is 5.56 Å². The molecule has 0 spiro atoms. The molecule has 0 bridgehead atoms. The SMILES string of the molecule is CC(C)CCNc1nc2sc3c(c2c(=O)n1C(C)C)CCCC3. The summed E-state index contributed by atoms with van der Waals surface area (Å²) in [6.45, 7) is 9.39. The molecule has 0 amide bonds. The highest BCUT2D eigenvalue weighted by molar-refractivity contribution is 7.18. The maximum atomic E-state index is 13.1. The van der Waals surface area contributed by atoms with Gasteiger partial charge in [0.05, 0.1) is 5.39 Å². The second-order valence-corrected chi connectivity index (χ2v) is 8.29. The molecule has 2 heterocycles. The average Bonchev–Trinajstić information content (AvgIpc) is 2.84. The van der Waals surface area contributed by atoms with Gasteiger partial charge in [-0.1, -0.05) is 13.8 Å². The molecule has 126 valence electrons. The van der Waals surface area contributed by atoms with Gasteiger partial charge in [-0.3, -0.25) is 9.36 Å². The van der Waals surface area contributed by atoms with Crippen molar-refractivity contribution in [3.8, 4) is 0 Å². The van der Waals surface area contributed by atoms with Crippen molar-refractivity contribution in [2.24, 2.45) is 5.92 Å². The van der Waals surface area contributed by atoms with Crippen LogP contribution in [0.2, 0.25) is 0 Å². The maximum absolute atomic E-state index is 13.1. The van der Waals surface area contributed by atoms with Crippen molar-refractivity contribution in [1.29, 1.82) is 0 Å². The van der Waals surface area contributed by atoms with E-state index in [0.717, 1.165) is 42.0 Å². The lowest BCUT2D eigenvalue weighted by atomic mass is 9.97. The predicted octanol–water partition coefficient (Wildman–Crippen LogP) is 4.38. The van der Waals surface area contributed by atoms with Gasteiger partial charge in [-0.2, -0.15) is 0 Å². The first kappa shape index (κ1) is 16.5. The first-order valence-electron chi connectivity index (χ1n) is 8.79. The van der Waals surface area contributed by atoms with E-state index in [2.05, 4.69) is 33.0 Å². The summed E-state index contributed by atoms with van der Waals surface area (Å²) in [5.41, 5.74) is 1.41. The van der Waals surface area contributed by atoms with Crippen molar-refractivity contribution >= 4 is 27.5 Å². The smallest absolute Gasteiger partial charge is 0.264 e. The van der Waals surface area contributed by atoms with Gasteiger partial charge in [-0.15, -0.1) is 11.3 Å². The van der Waals surface area contributed by atoms with Gasteiger partial charge in [-0.05, 0) is 57.4 Å². The van der Waals surface area contributed by atoms with Crippen LogP contribution in [0.5, 0.6) is 0 Å². The van der Waals surface area contributed by atoms with Crippen LogP contribution in [-0.2, 0) is 12.8 Å². The zero-order valence-corrected chi connectivity index (χ0v) is 15.4. The molecule has 4 nitrogen and oxygen atoms in total. The van der Waals surface area contributed by atoms with Crippen LogP contribution >= 0.6 is 11.3 Å². The van der Waals surface area contributed by atoms with Crippen LogP contribution in [0.4, 0.5) is 5.95 Å². The summed E-state index contributed by atoms with van der Waals surface area (Å²) in [4.78, 5) is 20.2. The van der Waals surface area contributed by atoms with E-state index in [9.17, 15) is 4.79 Å². The van der Waals surface area contributed by atoms with E-state index in [0.29, 0.717) is 5.92 Å². The Morgan fingerprint density at radius 2 is 1.96 bits per heavy atom. The number of nitrogens with one attached hydrogen (secondary N) is 1. The van der Waals surface area contributed by atoms with Gasteiger partial charge in [0, 0.05) is 17.5 Å². The topological polar surface area (TPSA) is 46.9 Å². The van der Waals surface area contributed by atoms with Crippen molar-refractivity contribution in [2.45, 2.75) is 65.8 Å². The second-order valence-electron chi connectivity index (χ2n) is 7.20. The third kappa shape index (κ3) is 3.16. The lowest BCUT2D eigenvalue weighted by Crippen LogP contribution is -2.27. The Morgan fingerprint density at radius 3 is 2.65 bits per heavy atom. The van der Waals surface area contributed by atoms with Gasteiger partial charge >= 0.3 is 0 Å². The monoisotopic (exact) mass is 333 g/mol. The molecule has 3 rings (SSSR count). The summed E-state index contributed by atoms with van der Waals surface area (Å²) >= 11 is 1.72. The molecule has 0 saturated heterocycles. The van der Waals surface area contributed by atoms with Crippen molar-refractivity contribution < 1.29 is 0 Å². The summed E-state index contributed by atoms with van der Waals surface area (Å²) in [5.74, 6) is 1.37. The molecule has 2 aromatic rings. The van der Waals surface area contributed by atoms with Crippen molar-refractivity contribution in [3.05, 3.63) is 20.8 Å². The summed E-state index contributed by atoms with van der Waals surface area (Å²) in [5, 5.41) is 4.28. The number of hydrogen-bond acceptors (Lipinski definition) is 4. The third-order valence-corrected chi connectivity index (χ3v) is 5.73. The molecule has 0 aliphatic heterocycles.